The molecule has 1 aromatic rings. The average Bonchev–Trinajstić information content (AvgIpc) is 2.83. The van der Waals surface area contributed by atoms with Gasteiger partial charge in [0.05, 0.1) is 9.75 Å². The zero-order valence-electron chi connectivity index (χ0n) is 10.9. The fourth-order valence-corrected chi connectivity index (χ4v) is 3.31. The Morgan fingerprint density at radius 1 is 1.68 bits per heavy atom. The lowest BCUT2D eigenvalue weighted by molar-refractivity contribution is -0.131. The minimum atomic E-state index is -0.693. The van der Waals surface area contributed by atoms with Crippen LogP contribution >= 0.6 is 22.9 Å². The molecule has 106 valence electrons. The summed E-state index contributed by atoms with van der Waals surface area (Å²) in [6, 6.07) is 3.53. The van der Waals surface area contributed by atoms with E-state index in [1.807, 2.05) is 6.92 Å². The fourth-order valence-electron chi connectivity index (χ4n) is 2.26. The number of carbonyl (C=O) groups is 1. The van der Waals surface area contributed by atoms with Gasteiger partial charge in [0.2, 0.25) is 5.91 Å². The Labute approximate surface area is 122 Å². The Hall–Kier alpha value is -0.620. The molecule has 2 unspecified atom stereocenters. The predicted octanol–water partition coefficient (Wildman–Crippen LogP) is 1.94. The molecule has 1 amide bonds. The van der Waals surface area contributed by atoms with Crippen LogP contribution in [0.3, 0.4) is 0 Å². The topological polar surface area (TPSA) is 61.4 Å². The SMILES string of the molecule is CC1(C(=O)NCC(O)c2ccc(Cl)s2)CCCNC1. The Morgan fingerprint density at radius 3 is 3.05 bits per heavy atom. The van der Waals surface area contributed by atoms with E-state index in [4.69, 9.17) is 11.6 Å². The second kappa shape index (κ2) is 6.22. The number of aliphatic hydroxyl groups excluding tert-OH is 1. The normalized spacial score (nSPS) is 25.0. The van der Waals surface area contributed by atoms with Crippen molar-refractivity contribution >= 4 is 28.8 Å². The first kappa shape index (κ1) is 14.8. The van der Waals surface area contributed by atoms with Gasteiger partial charge >= 0.3 is 0 Å². The molecule has 0 radical (unpaired) electrons. The lowest BCUT2D eigenvalue weighted by Crippen LogP contribution is -2.49. The first-order valence-electron chi connectivity index (χ1n) is 6.43. The molecule has 2 heterocycles. The highest BCUT2D eigenvalue weighted by molar-refractivity contribution is 7.16. The lowest BCUT2D eigenvalue weighted by Gasteiger charge is -2.32. The minimum Gasteiger partial charge on any atom is -0.386 e. The highest BCUT2D eigenvalue weighted by Gasteiger charge is 2.34. The van der Waals surface area contributed by atoms with Crippen molar-refractivity contribution in [3.63, 3.8) is 0 Å². The molecule has 2 atom stereocenters. The summed E-state index contributed by atoms with van der Waals surface area (Å²) < 4.78 is 0.642. The van der Waals surface area contributed by atoms with E-state index < -0.39 is 6.10 Å². The maximum absolute atomic E-state index is 12.2. The molecule has 0 aliphatic carbocycles. The van der Waals surface area contributed by atoms with Crippen LogP contribution in [0.15, 0.2) is 12.1 Å². The van der Waals surface area contributed by atoms with Gasteiger partial charge in [0.25, 0.3) is 0 Å². The minimum absolute atomic E-state index is 0.00130. The third kappa shape index (κ3) is 3.69. The predicted molar refractivity (Wildman–Crippen MR) is 77.5 cm³/mol. The zero-order valence-corrected chi connectivity index (χ0v) is 12.5. The van der Waals surface area contributed by atoms with E-state index in [1.165, 1.54) is 11.3 Å². The summed E-state index contributed by atoms with van der Waals surface area (Å²) in [6.07, 6.45) is 1.20. The second-order valence-electron chi connectivity index (χ2n) is 5.21. The number of hydrogen-bond acceptors (Lipinski definition) is 4. The van der Waals surface area contributed by atoms with Crippen molar-refractivity contribution in [2.75, 3.05) is 19.6 Å². The number of thiophene rings is 1. The molecule has 1 aliphatic heterocycles. The van der Waals surface area contributed by atoms with Gasteiger partial charge in [-0.05, 0) is 38.4 Å². The summed E-state index contributed by atoms with van der Waals surface area (Å²) in [5.74, 6) is 0.00130. The summed E-state index contributed by atoms with van der Waals surface area (Å²) in [5.41, 5.74) is -0.370. The van der Waals surface area contributed by atoms with E-state index >= 15 is 0 Å². The van der Waals surface area contributed by atoms with Crippen LogP contribution in [0.2, 0.25) is 4.34 Å². The first-order valence-corrected chi connectivity index (χ1v) is 7.63. The largest absolute Gasteiger partial charge is 0.386 e. The van der Waals surface area contributed by atoms with E-state index in [0.29, 0.717) is 10.9 Å². The summed E-state index contributed by atoms with van der Waals surface area (Å²) in [6.45, 7) is 3.85. The summed E-state index contributed by atoms with van der Waals surface area (Å²) in [5, 5.41) is 16.1. The van der Waals surface area contributed by atoms with Crippen LogP contribution in [0, 0.1) is 5.41 Å². The molecule has 0 saturated carbocycles. The molecule has 19 heavy (non-hydrogen) atoms. The van der Waals surface area contributed by atoms with Crippen molar-refractivity contribution in [2.24, 2.45) is 5.41 Å². The van der Waals surface area contributed by atoms with E-state index in [9.17, 15) is 9.90 Å². The van der Waals surface area contributed by atoms with Gasteiger partial charge in [-0.15, -0.1) is 11.3 Å². The Morgan fingerprint density at radius 2 is 2.47 bits per heavy atom. The second-order valence-corrected chi connectivity index (χ2v) is 6.96. The smallest absolute Gasteiger partial charge is 0.227 e. The zero-order chi connectivity index (χ0) is 13.9. The molecule has 4 nitrogen and oxygen atoms in total. The monoisotopic (exact) mass is 302 g/mol. The molecule has 1 saturated heterocycles. The van der Waals surface area contributed by atoms with Gasteiger partial charge in [-0.1, -0.05) is 11.6 Å². The van der Waals surface area contributed by atoms with Crippen LogP contribution in [0.1, 0.15) is 30.7 Å². The third-order valence-electron chi connectivity index (χ3n) is 3.52. The van der Waals surface area contributed by atoms with Crippen LogP contribution in [0.25, 0.3) is 0 Å². The van der Waals surface area contributed by atoms with E-state index in [2.05, 4.69) is 10.6 Å². The molecule has 6 heteroatoms. The van der Waals surface area contributed by atoms with Gasteiger partial charge in [0, 0.05) is 18.0 Å². The lowest BCUT2D eigenvalue weighted by atomic mass is 9.82. The molecular formula is C13H19ClN2O2S. The summed E-state index contributed by atoms with van der Waals surface area (Å²) >= 11 is 7.16. The molecule has 1 fully saturated rings. The summed E-state index contributed by atoms with van der Waals surface area (Å²) in [7, 11) is 0. The standard InChI is InChI=1S/C13H19ClN2O2S/c1-13(5-2-6-15-8-13)12(18)16-7-9(17)10-3-4-11(14)19-10/h3-4,9,15,17H,2,5-8H2,1H3,(H,16,18). The van der Waals surface area contributed by atoms with Gasteiger partial charge in [-0.25, -0.2) is 0 Å². The molecule has 2 rings (SSSR count). The van der Waals surface area contributed by atoms with E-state index in [1.54, 1.807) is 12.1 Å². The van der Waals surface area contributed by atoms with Crippen molar-refractivity contribution in [3.05, 3.63) is 21.3 Å². The molecule has 0 aromatic carbocycles. The number of nitrogens with one attached hydrogen (secondary N) is 2. The van der Waals surface area contributed by atoms with Gasteiger partial charge in [0.1, 0.15) is 6.10 Å². The molecule has 0 bridgehead atoms. The van der Waals surface area contributed by atoms with Crippen LogP contribution in [-0.4, -0.2) is 30.6 Å². The number of halogens is 1. The van der Waals surface area contributed by atoms with Crippen molar-refractivity contribution in [1.29, 1.82) is 0 Å². The van der Waals surface area contributed by atoms with E-state index in [-0.39, 0.29) is 17.9 Å². The maximum Gasteiger partial charge on any atom is 0.227 e. The van der Waals surface area contributed by atoms with Gasteiger partial charge in [-0.3, -0.25) is 4.79 Å². The van der Waals surface area contributed by atoms with Crippen molar-refractivity contribution in [1.82, 2.24) is 10.6 Å². The number of aliphatic hydroxyl groups is 1. The molecule has 0 spiro atoms. The molecule has 3 N–H and O–H groups in total. The fraction of sp³-hybridized carbons (Fsp3) is 0.615. The maximum atomic E-state index is 12.2. The quantitative estimate of drug-likeness (QED) is 0.796. The van der Waals surface area contributed by atoms with Crippen molar-refractivity contribution < 1.29 is 9.90 Å². The van der Waals surface area contributed by atoms with Gasteiger partial charge in [-0.2, -0.15) is 0 Å². The summed E-state index contributed by atoms with van der Waals surface area (Å²) in [4.78, 5) is 13.0. The van der Waals surface area contributed by atoms with Crippen LogP contribution in [0.5, 0.6) is 0 Å². The Bertz CT molecular complexity index is 444. The number of hydrogen-bond donors (Lipinski definition) is 3. The number of piperidine rings is 1. The number of amides is 1. The van der Waals surface area contributed by atoms with Crippen LogP contribution in [0.4, 0.5) is 0 Å². The van der Waals surface area contributed by atoms with E-state index in [0.717, 1.165) is 24.3 Å². The van der Waals surface area contributed by atoms with Crippen molar-refractivity contribution in [2.45, 2.75) is 25.9 Å². The Balaban J connectivity index is 1.86. The molecular weight excluding hydrogens is 284 g/mol. The average molecular weight is 303 g/mol. The highest BCUT2D eigenvalue weighted by Crippen LogP contribution is 2.28. The van der Waals surface area contributed by atoms with Crippen molar-refractivity contribution in [3.8, 4) is 0 Å². The van der Waals surface area contributed by atoms with Crippen LogP contribution in [-0.2, 0) is 4.79 Å². The highest BCUT2D eigenvalue weighted by atomic mass is 35.5. The molecule has 1 aromatic heterocycles. The number of rotatable bonds is 4. The van der Waals surface area contributed by atoms with Gasteiger partial charge in [0.15, 0.2) is 0 Å². The van der Waals surface area contributed by atoms with Crippen LogP contribution < -0.4 is 10.6 Å². The molecule has 1 aliphatic rings. The van der Waals surface area contributed by atoms with Gasteiger partial charge < -0.3 is 15.7 Å². The first-order chi connectivity index (χ1) is 9.01. The Kier molecular flexibility index (Phi) is 4.84. The number of carbonyl (C=O) groups excluding carboxylic acids is 1. The third-order valence-corrected chi connectivity index (χ3v) is 4.86.